The zero-order chi connectivity index (χ0) is 12.3. The molecular formula is C10H10ClN3O2S. The molecule has 2 aromatic rings. The van der Waals surface area contributed by atoms with E-state index in [-0.39, 0.29) is 0 Å². The Morgan fingerprint density at radius 1 is 1.59 bits per heavy atom. The number of halogens is 1. The molecule has 1 aromatic heterocycles. The molecule has 7 heteroatoms. The van der Waals surface area contributed by atoms with Crippen LogP contribution in [-0.2, 0) is 0 Å². The Bertz CT molecular complexity index is 543. The summed E-state index contributed by atoms with van der Waals surface area (Å²) < 4.78 is 0. The van der Waals surface area contributed by atoms with Crippen molar-refractivity contribution in [3.8, 4) is 0 Å². The first-order valence-electron chi connectivity index (χ1n) is 4.90. The smallest absolute Gasteiger partial charge is 0.404 e. The van der Waals surface area contributed by atoms with Gasteiger partial charge in [0.1, 0.15) is 0 Å². The lowest BCUT2D eigenvalue weighted by molar-refractivity contribution is 0.195. The second-order valence-corrected chi connectivity index (χ2v) is 4.80. The third-order valence-corrected chi connectivity index (χ3v) is 3.15. The number of imidazole rings is 1. The summed E-state index contributed by atoms with van der Waals surface area (Å²) >= 11 is 7.32. The molecule has 3 N–H and O–H groups in total. The molecule has 2 rings (SSSR count). The number of hydrogen-bond acceptors (Lipinski definition) is 3. The maximum Gasteiger partial charge on any atom is 0.404 e. The molecule has 0 bridgehead atoms. The molecule has 17 heavy (non-hydrogen) atoms. The molecule has 0 aliphatic heterocycles. The van der Waals surface area contributed by atoms with Crippen LogP contribution in [0.2, 0.25) is 5.02 Å². The van der Waals surface area contributed by atoms with Gasteiger partial charge in [0.05, 0.1) is 11.0 Å². The highest BCUT2D eigenvalue weighted by Crippen LogP contribution is 2.21. The normalized spacial score (nSPS) is 10.6. The van der Waals surface area contributed by atoms with E-state index in [0.29, 0.717) is 17.3 Å². The first-order chi connectivity index (χ1) is 8.15. The Morgan fingerprint density at radius 2 is 2.41 bits per heavy atom. The summed E-state index contributed by atoms with van der Waals surface area (Å²) in [4.78, 5) is 17.7. The molecule has 0 saturated heterocycles. The van der Waals surface area contributed by atoms with E-state index in [1.165, 1.54) is 11.8 Å². The lowest BCUT2D eigenvalue weighted by atomic mass is 10.3. The fourth-order valence-electron chi connectivity index (χ4n) is 1.33. The van der Waals surface area contributed by atoms with Crippen molar-refractivity contribution in [2.45, 2.75) is 5.16 Å². The van der Waals surface area contributed by atoms with E-state index in [2.05, 4.69) is 15.3 Å². The van der Waals surface area contributed by atoms with Crippen molar-refractivity contribution in [3.63, 3.8) is 0 Å². The van der Waals surface area contributed by atoms with Gasteiger partial charge >= 0.3 is 6.09 Å². The van der Waals surface area contributed by atoms with Gasteiger partial charge in [0.2, 0.25) is 0 Å². The minimum atomic E-state index is -1.01. The second-order valence-electron chi connectivity index (χ2n) is 3.28. The summed E-state index contributed by atoms with van der Waals surface area (Å²) in [5, 5.41) is 12.1. The van der Waals surface area contributed by atoms with Crippen LogP contribution in [0.25, 0.3) is 11.0 Å². The van der Waals surface area contributed by atoms with Crippen molar-refractivity contribution < 1.29 is 9.90 Å². The molecule has 0 radical (unpaired) electrons. The third kappa shape index (κ3) is 3.28. The highest BCUT2D eigenvalue weighted by molar-refractivity contribution is 7.99. The minimum absolute atomic E-state index is 0.387. The number of hydrogen-bond donors (Lipinski definition) is 3. The molecule has 1 aromatic carbocycles. The average Bonchev–Trinajstić information content (AvgIpc) is 2.66. The number of fused-ring (bicyclic) bond motifs is 1. The number of carboxylic acid groups (broad SMARTS) is 1. The molecule has 0 atom stereocenters. The predicted octanol–water partition coefficient (Wildman–Crippen LogP) is 2.58. The highest BCUT2D eigenvalue weighted by atomic mass is 35.5. The Hall–Kier alpha value is -1.40. The number of nitrogens with one attached hydrogen (secondary N) is 2. The van der Waals surface area contributed by atoms with E-state index in [1.54, 1.807) is 6.07 Å². The molecule has 0 spiro atoms. The Morgan fingerprint density at radius 3 is 3.18 bits per heavy atom. The lowest BCUT2D eigenvalue weighted by Crippen LogP contribution is -2.23. The number of aromatic amines is 1. The topological polar surface area (TPSA) is 78.0 Å². The van der Waals surface area contributed by atoms with Crippen LogP contribution in [0.15, 0.2) is 23.4 Å². The Balaban J connectivity index is 1.97. The molecule has 0 aliphatic rings. The van der Waals surface area contributed by atoms with Gasteiger partial charge in [0, 0.05) is 17.3 Å². The first kappa shape index (κ1) is 12.1. The molecule has 0 aliphatic carbocycles. The average molecular weight is 272 g/mol. The van der Waals surface area contributed by atoms with Gasteiger partial charge in [-0.25, -0.2) is 9.78 Å². The van der Waals surface area contributed by atoms with Gasteiger partial charge in [-0.1, -0.05) is 23.4 Å². The van der Waals surface area contributed by atoms with Crippen LogP contribution in [0.1, 0.15) is 0 Å². The zero-order valence-corrected chi connectivity index (χ0v) is 10.3. The van der Waals surface area contributed by atoms with Gasteiger partial charge in [0.15, 0.2) is 5.16 Å². The summed E-state index contributed by atoms with van der Waals surface area (Å²) in [5.74, 6) is 0.625. The van der Waals surface area contributed by atoms with Crippen molar-refractivity contribution in [2.75, 3.05) is 12.3 Å². The number of H-pyrrole nitrogens is 1. The summed E-state index contributed by atoms with van der Waals surface area (Å²) in [5.41, 5.74) is 1.73. The third-order valence-electron chi connectivity index (χ3n) is 2.04. The van der Waals surface area contributed by atoms with Gasteiger partial charge in [-0.05, 0) is 18.2 Å². The molecule has 0 saturated carbocycles. The number of nitrogens with zero attached hydrogens (tertiary/aromatic N) is 1. The fraction of sp³-hybridized carbons (Fsp3) is 0.200. The summed E-state index contributed by atoms with van der Waals surface area (Å²) in [6.45, 7) is 0.387. The van der Waals surface area contributed by atoms with Crippen LogP contribution in [-0.4, -0.2) is 33.5 Å². The molecule has 1 amide bonds. The molecular weight excluding hydrogens is 262 g/mol. The van der Waals surface area contributed by atoms with E-state index >= 15 is 0 Å². The van der Waals surface area contributed by atoms with Gasteiger partial charge in [-0.2, -0.15) is 0 Å². The van der Waals surface area contributed by atoms with Crippen LogP contribution in [0.5, 0.6) is 0 Å². The van der Waals surface area contributed by atoms with Crippen molar-refractivity contribution in [1.29, 1.82) is 0 Å². The number of benzene rings is 1. The van der Waals surface area contributed by atoms with Crippen molar-refractivity contribution in [2.24, 2.45) is 0 Å². The van der Waals surface area contributed by atoms with E-state index in [1.807, 2.05) is 12.1 Å². The van der Waals surface area contributed by atoms with Crippen LogP contribution in [0.3, 0.4) is 0 Å². The SMILES string of the molecule is O=C(O)NCCSc1nc2ccc(Cl)cc2[nH]1. The fourth-order valence-corrected chi connectivity index (χ4v) is 2.25. The van der Waals surface area contributed by atoms with Gasteiger partial charge in [-0.15, -0.1) is 0 Å². The number of aromatic nitrogens is 2. The van der Waals surface area contributed by atoms with Crippen LogP contribution < -0.4 is 5.32 Å². The number of rotatable bonds is 4. The highest BCUT2D eigenvalue weighted by Gasteiger charge is 2.03. The van der Waals surface area contributed by atoms with E-state index in [0.717, 1.165) is 16.2 Å². The number of thioether (sulfide) groups is 1. The number of carbonyl (C=O) groups is 1. The quantitative estimate of drug-likeness (QED) is 0.590. The summed E-state index contributed by atoms with van der Waals surface area (Å²) in [6.07, 6.45) is -1.01. The van der Waals surface area contributed by atoms with E-state index in [4.69, 9.17) is 16.7 Å². The van der Waals surface area contributed by atoms with Gasteiger partial charge in [-0.3, -0.25) is 0 Å². The minimum Gasteiger partial charge on any atom is -0.465 e. The number of amides is 1. The predicted molar refractivity (Wildman–Crippen MR) is 67.9 cm³/mol. The van der Waals surface area contributed by atoms with Crippen molar-refractivity contribution in [1.82, 2.24) is 15.3 Å². The molecule has 5 nitrogen and oxygen atoms in total. The summed E-state index contributed by atoms with van der Waals surface area (Å²) in [7, 11) is 0. The van der Waals surface area contributed by atoms with E-state index < -0.39 is 6.09 Å². The van der Waals surface area contributed by atoms with Gasteiger partial charge < -0.3 is 15.4 Å². The Labute approximate surface area is 107 Å². The second kappa shape index (κ2) is 5.29. The maximum atomic E-state index is 10.2. The maximum absolute atomic E-state index is 10.2. The monoisotopic (exact) mass is 271 g/mol. The van der Waals surface area contributed by atoms with Crippen molar-refractivity contribution >= 4 is 40.5 Å². The van der Waals surface area contributed by atoms with Crippen molar-refractivity contribution in [3.05, 3.63) is 23.2 Å². The standard InChI is InChI=1S/C10H10ClN3O2S/c11-6-1-2-7-8(5-6)14-9(13-7)17-4-3-12-10(15)16/h1-2,5,12H,3-4H2,(H,13,14)(H,15,16). The molecule has 1 heterocycles. The molecule has 0 fully saturated rings. The first-order valence-corrected chi connectivity index (χ1v) is 6.26. The molecule has 90 valence electrons. The largest absolute Gasteiger partial charge is 0.465 e. The lowest BCUT2D eigenvalue weighted by Gasteiger charge is -1.97. The zero-order valence-electron chi connectivity index (χ0n) is 8.74. The summed E-state index contributed by atoms with van der Waals surface area (Å²) in [6, 6.07) is 5.43. The molecule has 0 unspecified atom stereocenters. The Kier molecular flexibility index (Phi) is 3.75. The van der Waals surface area contributed by atoms with E-state index in [9.17, 15) is 4.79 Å². The van der Waals surface area contributed by atoms with Crippen LogP contribution in [0.4, 0.5) is 4.79 Å². The van der Waals surface area contributed by atoms with Gasteiger partial charge in [0.25, 0.3) is 0 Å². The van der Waals surface area contributed by atoms with Crippen LogP contribution in [0, 0.1) is 0 Å². The van der Waals surface area contributed by atoms with Crippen LogP contribution >= 0.6 is 23.4 Å².